The third kappa shape index (κ3) is 6.64. The summed E-state index contributed by atoms with van der Waals surface area (Å²) < 4.78 is 20.1. The Balaban J connectivity index is 0.00000387. The molecule has 0 aliphatic carbocycles. The number of halogens is 4. The van der Waals surface area contributed by atoms with E-state index in [1.165, 1.54) is 17.0 Å². The Labute approximate surface area is 256 Å². The van der Waals surface area contributed by atoms with Gasteiger partial charge in [0, 0.05) is 38.5 Å². The molecular formula is C31H33Cl3FN3O3. The van der Waals surface area contributed by atoms with Gasteiger partial charge in [-0.15, -0.1) is 12.4 Å². The van der Waals surface area contributed by atoms with Crippen molar-refractivity contribution in [2.24, 2.45) is 0 Å². The molecule has 2 atom stereocenters. The first-order chi connectivity index (χ1) is 19.2. The Morgan fingerprint density at radius 1 is 1.02 bits per heavy atom. The number of anilines is 1. The number of nitrogens with zero attached hydrogens (tertiary/aromatic N) is 2. The Morgan fingerprint density at radius 3 is 2.41 bits per heavy atom. The van der Waals surface area contributed by atoms with E-state index in [4.69, 9.17) is 27.9 Å². The number of amides is 2. The summed E-state index contributed by atoms with van der Waals surface area (Å²) in [5.74, 6) is -0.878. The van der Waals surface area contributed by atoms with E-state index in [2.05, 4.69) is 10.2 Å². The number of carbonyl (C=O) groups excluding carboxylic acids is 2. The molecule has 5 rings (SSSR count). The van der Waals surface area contributed by atoms with E-state index in [1.54, 1.807) is 25.2 Å². The first-order valence-corrected chi connectivity index (χ1v) is 14.2. The van der Waals surface area contributed by atoms with Crippen LogP contribution in [0.2, 0.25) is 10.0 Å². The molecule has 2 heterocycles. The highest BCUT2D eigenvalue weighted by molar-refractivity contribution is 6.42. The van der Waals surface area contributed by atoms with E-state index in [1.807, 2.05) is 43.3 Å². The van der Waals surface area contributed by atoms with Crippen LogP contribution in [-0.4, -0.2) is 43.6 Å². The number of likely N-dealkylation sites (tertiary alicyclic amines) is 1. The summed E-state index contributed by atoms with van der Waals surface area (Å²) in [5.41, 5.74) is 2.35. The van der Waals surface area contributed by atoms with Crippen LogP contribution in [0.4, 0.5) is 14.9 Å². The summed E-state index contributed by atoms with van der Waals surface area (Å²) in [6.45, 7) is 3.90. The van der Waals surface area contributed by atoms with E-state index in [0.29, 0.717) is 60.2 Å². The SMILES string of the molecule is C[C@H](NC(=O)[C@H](CCN1CCC2(CC1)OC(=O)N(C)c1ccc(F)cc12)c1ccc(Cl)c(Cl)c1)c1ccccc1.Cl. The molecule has 0 radical (unpaired) electrons. The number of nitrogens with one attached hydrogen (secondary N) is 1. The van der Waals surface area contributed by atoms with Gasteiger partial charge in [-0.1, -0.05) is 59.6 Å². The van der Waals surface area contributed by atoms with Gasteiger partial charge in [0.2, 0.25) is 5.91 Å². The summed E-state index contributed by atoms with van der Waals surface area (Å²) in [6, 6.07) is 19.5. The highest BCUT2D eigenvalue weighted by Gasteiger charge is 2.46. The largest absolute Gasteiger partial charge is 0.437 e. The smallest absolute Gasteiger partial charge is 0.414 e. The number of benzene rings is 3. The first-order valence-electron chi connectivity index (χ1n) is 13.5. The number of piperidine rings is 1. The van der Waals surface area contributed by atoms with Crippen molar-refractivity contribution in [3.63, 3.8) is 0 Å². The minimum Gasteiger partial charge on any atom is -0.437 e. The minimum atomic E-state index is -0.858. The molecule has 1 N–H and O–H groups in total. The topological polar surface area (TPSA) is 61.9 Å². The maximum absolute atomic E-state index is 14.2. The predicted molar refractivity (Wildman–Crippen MR) is 163 cm³/mol. The molecule has 2 aliphatic rings. The normalized spacial score (nSPS) is 17.7. The molecule has 41 heavy (non-hydrogen) atoms. The molecule has 6 nitrogen and oxygen atoms in total. The molecule has 2 aliphatic heterocycles. The quantitative estimate of drug-likeness (QED) is 0.298. The number of fused-ring (bicyclic) bond motifs is 2. The number of hydrogen-bond acceptors (Lipinski definition) is 4. The zero-order valence-electron chi connectivity index (χ0n) is 22.9. The highest BCUT2D eigenvalue weighted by atomic mass is 35.5. The van der Waals surface area contributed by atoms with Crippen molar-refractivity contribution < 1.29 is 18.7 Å². The summed E-state index contributed by atoms with van der Waals surface area (Å²) in [4.78, 5) is 29.9. The van der Waals surface area contributed by atoms with Gasteiger partial charge in [0.15, 0.2) is 0 Å². The summed E-state index contributed by atoms with van der Waals surface area (Å²) >= 11 is 12.5. The molecule has 10 heteroatoms. The molecule has 3 aromatic carbocycles. The minimum absolute atomic E-state index is 0. The Bertz CT molecular complexity index is 1400. The van der Waals surface area contributed by atoms with Gasteiger partial charge in [0.05, 0.1) is 27.7 Å². The second-order valence-electron chi connectivity index (χ2n) is 10.6. The van der Waals surface area contributed by atoms with E-state index < -0.39 is 17.6 Å². The number of ether oxygens (including phenoxy) is 1. The zero-order valence-corrected chi connectivity index (χ0v) is 25.2. The molecule has 0 saturated carbocycles. The van der Waals surface area contributed by atoms with Crippen molar-refractivity contribution in [2.75, 3.05) is 31.6 Å². The molecule has 0 unspecified atom stereocenters. The van der Waals surface area contributed by atoms with E-state index in [9.17, 15) is 14.0 Å². The highest BCUT2D eigenvalue weighted by Crippen LogP contribution is 2.45. The van der Waals surface area contributed by atoms with E-state index in [-0.39, 0.29) is 30.2 Å². The second-order valence-corrected chi connectivity index (χ2v) is 11.4. The van der Waals surface area contributed by atoms with Crippen LogP contribution >= 0.6 is 35.6 Å². The van der Waals surface area contributed by atoms with Crippen LogP contribution in [0, 0.1) is 5.82 Å². The van der Waals surface area contributed by atoms with Gasteiger partial charge in [-0.3, -0.25) is 9.69 Å². The van der Waals surface area contributed by atoms with Crippen molar-refractivity contribution in [3.05, 3.63) is 99.3 Å². The van der Waals surface area contributed by atoms with Gasteiger partial charge in [-0.05, 0) is 61.3 Å². The molecule has 1 spiro atoms. The Morgan fingerprint density at radius 2 is 1.73 bits per heavy atom. The average molecular weight is 621 g/mol. The van der Waals surface area contributed by atoms with Gasteiger partial charge in [0.1, 0.15) is 11.4 Å². The lowest BCUT2D eigenvalue weighted by atomic mass is 9.81. The van der Waals surface area contributed by atoms with Crippen molar-refractivity contribution >= 4 is 53.3 Å². The van der Waals surface area contributed by atoms with Crippen molar-refractivity contribution in [3.8, 4) is 0 Å². The van der Waals surface area contributed by atoms with Crippen LogP contribution in [0.25, 0.3) is 0 Å². The third-order valence-electron chi connectivity index (χ3n) is 8.09. The number of rotatable bonds is 7. The lowest BCUT2D eigenvalue weighted by Crippen LogP contribution is -2.51. The molecular weight excluding hydrogens is 588 g/mol. The van der Waals surface area contributed by atoms with Crippen molar-refractivity contribution in [1.29, 1.82) is 0 Å². The van der Waals surface area contributed by atoms with Crippen molar-refractivity contribution in [2.45, 2.75) is 43.7 Å². The maximum Gasteiger partial charge on any atom is 0.414 e. The zero-order chi connectivity index (χ0) is 28.4. The molecule has 1 fully saturated rings. The third-order valence-corrected chi connectivity index (χ3v) is 8.82. The summed E-state index contributed by atoms with van der Waals surface area (Å²) in [6.07, 6.45) is 1.21. The van der Waals surface area contributed by atoms with Gasteiger partial charge in [-0.25, -0.2) is 9.18 Å². The standard InChI is InChI=1S/C31H32Cl2FN3O3.ClH/c1-20(21-6-4-3-5-7-21)35-29(38)24(22-8-10-26(32)27(33)18-22)12-15-37-16-13-31(14-17-37)25-19-23(34)9-11-28(25)36(2)30(39)40-31;/h3-11,18-20,24H,12-17H2,1-2H3,(H,35,38);1H/t20-,24+;/m0./s1. The van der Waals surface area contributed by atoms with Crippen LogP contribution in [0.5, 0.6) is 0 Å². The molecule has 1 saturated heterocycles. The van der Waals surface area contributed by atoms with E-state index in [0.717, 1.165) is 11.1 Å². The maximum atomic E-state index is 14.2. The Kier molecular flexibility index (Phi) is 9.85. The van der Waals surface area contributed by atoms with Gasteiger partial charge in [-0.2, -0.15) is 0 Å². The monoisotopic (exact) mass is 619 g/mol. The fourth-order valence-electron chi connectivity index (χ4n) is 5.69. The van der Waals surface area contributed by atoms with Gasteiger partial charge >= 0.3 is 6.09 Å². The second kappa shape index (κ2) is 13.0. The fourth-order valence-corrected chi connectivity index (χ4v) is 6.00. The first kappa shape index (κ1) is 31.1. The van der Waals surface area contributed by atoms with Crippen LogP contribution in [0.15, 0.2) is 66.7 Å². The van der Waals surface area contributed by atoms with Crippen molar-refractivity contribution in [1.82, 2.24) is 10.2 Å². The van der Waals surface area contributed by atoms with Gasteiger partial charge in [0.25, 0.3) is 0 Å². The predicted octanol–water partition coefficient (Wildman–Crippen LogP) is 7.48. The Hall–Kier alpha value is -2.84. The lowest BCUT2D eigenvalue weighted by Gasteiger charge is -2.46. The molecule has 0 aromatic heterocycles. The molecule has 2 amide bonds. The van der Waals surface area contributed by atoms with E-state index >= 15 is 0 Å². The van der Waals surface area contributed by atoms with Crippen LogP contribution in [0.3, 0.4) is 0 Å². The fraction of sp³-hybridized carbons (Fsp3) is 0.355. The lowest BCUT2D eigenvalue weighted by molar-refractivity contribution is -0.123. The van der Waals surface area contributed by atoms with Crippen LogP contribution < -0.4 is 10.2 Å². The summed E-state index contributed by atoms with van der Waals surface area (Å²) in [5, 5.41) is 4.00. The molecule has 3 aromatic rings. The van der Waals surface area contributed by atoms with Crippen LogP contribution in [-0.2, 0) is 15.1 Å². The van der Waals surface area contributed by atoms with Crippen LogP contribution in [0.1, 0.15) is 54.8 Å². The van der Waals surface area contributed by atoms with Gasteiger partial charge < -0.3 is 15.0 Å². The molecule has 218 valence electrons. The average Bonchev–Trinajstić information content (AvgIpc) is 2.95. The number of hydrogen-bond donors (Lipinski definition) is 1. The molecule has 0 bridgehead atoms. The summed E-state index contributed by atoms with van der Waals surface area (Å²) in [7, 11) is 1.63. The number of carbonyl (C=O) groups is 2.